The van der Waals surface area contributed by atoms with Crippen molar-refractivity contribution in [2.24, 2.45) is 17.8 Å². The first kappa shape index (κ1) is 15.8. The summed E-state index contributed by atoms with van der Waals surface area (Å²) in [6.45, 7) is 3.42. The predicted octanol–water partition coefficient (Wildman–Crippen LogP) is 4.06. The molecule has 2 nitrogen and oxygen atoms in total. The molecular weight excluding hydrogens is 256 g/mol. The number of fused-ring (bicyclic) bond motifs is 2. The average molecular weight is 293 g/mol. The predicted molar refractivity (Wildman–Crippen MR) is 90.5 cm³/mol. The topological polar surface area (TPSA) is 15.3 Å². The lowest BCUT2D eigenvalue weighted by Crippen LogP contribution is -2.60. The lowest BCUT2D eigenvalue weighted by Gasteiger charge is -2.50. The van der Waals surface area contributed by atoms with E-state index in [0.29, 0.717) is 11.6 Å². The molecule has 0 aromatic rings. The van der Waals surface area contributed by atoms with Crippen LogP contribution in [-0.2, 0) is 0 Å². The Balaban J connectivity index is 1.72. The molecule has 122 valence electrons. The van der Waals surface area contributed by atoms with E-state index in [4.69, 9.17) is 0 Å². The van der Waals surface area contributed by atoms with Gasteiger partial charge in [-0.25, -0.2) is 0 Å². The van der Waals surface area contributed by atoms with Gasteiger partial charge in [-0.3, -0.25) is 0 Å². The van der Waals surface area contributed by atoms with Crippen LogP contribution in [0.2, 0.25) is 0 Å². The summed E-state index contributed by atoms with van der Waals surface area (Å²) in [5, 5.41) is 3.92. The second-order valence-corrected chi connectivity index (χ2v) is 8.34. The number of rotatable bonds is 6. The van der Waals surface area contributed by atoms with E-state index in [-0.39, 0.29) is 0 Å². The zero-order valence-electron chi connectivity index (χ0n) is 14.5. The highest BCUT2D eigenvalue weighted by Crippen LogP contribution is 2.51. The summed E-state index contributed by atoms with van der Waals surface area (Å²) in [5.41, 5.74) is 0.427. The van der Waals surface area contributed by atoms with Crippen LogP contribution in [0.1, 0.15) is 71.1 Å². The van der Waals surface area contributed by atoms with E-state index in [9.17, 15) is 0 Å². The third kappa shape index (κ3) is 3.03. The molecular formula is C19H36N2. The van der Waals surface area contributed by atoms with E-state index >= 15 is 0 Å². The van der Waals surface area contributed by atoms with Crippen molar-refractivity contribution < 1.29 is 0 Å². The largest absolute Gasteiger partial charge is 0.312 e. The highest BCUT2D eigenvalue weighted by molar-refractivity contribution is 5.03. The highest BCUT2D eigenvalue weighted by Gasteiger charge is 2.46. The van der Waals surface area contributed by atoms with Gasteiger partial charge in [-0.05, 0) is 76.9 Å². The van der Waals surface area contributed by atoms with Crippen LogP contribution in [0, 0.1) is 17.8 Å². The van der Waals surface area contributed by atoms with Gasteiger partial charge in [0.25, 0.3) is 0 Å². The fraction of sp³-hybridized carbons (Fsp3) is 1.00. The Morgan fingerprint density at radius 1 is 1.10 bits per heavy atom. The van der Waals surface area contributed by atoms with Crippen molar-refractivity contribution in [1.82, 2.24) is 10.2 Å². The molecule has 3 aliphatic rings. The smallest absolute Gasteiger partial charge is 0.0356 e. The van der Waals surface area contributed by atoms with Crippen LogP contribution in [0.5, 0.6) is 0 Å². The maximum atomic E-state index is 3.92. The van der Waals surface area contributed by atoms with Gasteiger partial charge in [0, 0.05) is 11.6 Å². The third-order valence-electron chi connectivity index (χ3n) is 7.13. The minimum absolute atomic E-state index is 0.427. The zero-order chi connectivity index (χ0) is 14.9. The molecule has 0 aromatic heterocycles. The molecule has 21 heavy (non-hydrogen) atoms. The Morgan fingerprint density at radius 3 is 2.38 bits per heavy atom. The van der Waals surface area contributed by atoms with Gasteiger partial charge in [0.2, 0.25) is 0 Å². The molecule has 0 spiro atoms. The van der Waals surface area contributed by atoms with Crippen LogP contribution in [-0.4, -0.2) is 37.1 Å². The lowest BCUT2D eigenvalue weighted by atomic mass is 9.71. The van der Waals surface area contributed by atoms with Crippen LogP contribution in [0.25, 0.3) is 0 Å². The minimum Gasteiger partial charge on any atom is -0.312 e. The van der Waals surface area contributed by atoms with E-state index in [1.54, 1.807) is 6.42 Å². The van der Waals surface area contributed by atoms with Gasteiger partial charge in [0.05, 0.1) is 0 Å². The molecule has 3 saturated carbocycles. The summed E-state index contributed by atoms with van der Waals surface area (Å²) < 4.78 is 0. The molecule has 1 N–H and O–H groups in total. The van der Waals surface area contributed by atoms with E-state index in [1.807, 2.05) is 0 Å². The fourth-order valence-electron chi connectivity index (χ4n) is 5.98. The first-order valence-electron chi connectivity index (χ1n) is 9.56. The van der Waals surface area contributed by atoms with Crippen LogP contribution in [0.3, 0.4) is 0 Å². The summed E-state index contributed by atoms with van der Waals surface area (Å²) in [7, 11) is 4.66. The van der Waals surface area contributed by atoms with Crippen molar-refractivity contribution in [2.45, 2.75) is 82.7 Å². The van der Waals surface area contributed by atoms with Crippen LogP contribution < -0.4 is 5.32 Å². The Labute approximate surface area is 132 Å². The molecule has 3 aliphatic carbocycles. The number of hydrogen-bond donors (Lipinski definition) is 1. The van der Waals surface area contributed by atoms with E-state index in [1.165, 1.54) is 57.8 Å². The zero-order valence-corrected chi connectivity index (χ0v) is 14.5. The molecule has 0 aliphatic heterocycles. The molecule has 3 rings (SSSR count). The lowest BCUT2D eigenvalue weighted by molar-refractivity contribution is 0.0431. The quantitative estimate of drug-likeness (QED) is 0.794. The van der Waals surface area contributed by atoms with Crippen LogP contribution in [0.4, 0.5) is 0 Å². The SMILES string of the molecule is CCNC(CC1CC2CCC1C2)C1(N(C)C)CCCCC1. The molecule has 3 fully saturated rings. The first-order valence-corrected chi connectivity index (χ1v) is 9.56. The summed E-state index contributed by atoms with van der Waals surface area (Å²) in [5.74, 6) is 3.18. The van der Waals surface area contributed by atoms with Gasteiger partial charge in [0.15, 0.2) is 0 Å². The van der Waals surface area contributed by atoms with Gasteiger partial charge in [-0.15, -0.1) is 0 Å². The summed E-state index contributed by atoms with van der Waals surface area (Å²) in [4.78, 5) is 2.58. The van der Waals surface area contributed by atoms with Crippen molar-refractivity contribution in [3.05, 3.63) is 0 Å². The van der Waals surface area contributed by atoms with E-state index in [0.717, 1.165) is 24.3 Å². The van der Waals surface area contributed by atoms with Gasteiger partial charge in [0.1, 0.15) is 0 Å². The van der Waals surface area contributed by atoms with E-state index < -0.39 is 0 Å². The Bertz CT molecular complexity index is 332. The minimum atomic E-state index is 0.427. The van der Waals surface area contributed by atoms with Gasteiger partial charge < -0.3 is 10.2 Å². The second kappa shape index (κ2) is 6.58. The van der Waals surface area contributed by atoms with Crippen molar-refractivity contribution in [3.8, 4) is 0 Å². The summed E-state index contributed by atoms with van der Waals surface area (Å²) in [6, 6.07) is 0.710. The average Bonchev–Trinajstić information content (AvgIpc) is 3.10. The van der Waals surface area contributed by atoms with Crippen LogP contribution >= 0.6 is 0 Å². The third-order valence-corrected chi connectivity index (χ3v) is 7.13. The molecule has 0 heterocycles. The van der Waals surface area contributed by atoms with Gasteiger partial charge >= 0.3 is 0 Å². The molecule has 4 atom stereocenters. The van der Waals surface area contributed by atoms with Crippen LogP contribution in [0.15, 0.2) is 0 Å². The molecule has 4 unspecified atom stereocenters. The maximum Gasteiger partial charge on any atom is 0.0356 e. The molecule has 0 aromatic carbocycles. The van der Waals surface area contributed by atoms with Gasteiger partial charge in [-0.2, -0.15) is 0 Å². The normalized spacial score (nSPS) is 36.3. The first-order chi connectivity index (χ1) is 10.2. The van der Waals surface area contributed by atoms with Crippen molar-refractivity contribution in [3.63, 3.8) is 0 Å². The number of nitrogens with one attached hydrogen (secondary N) is 1. The molecule has 0 amide bonds. The number of hydrogen-bond acceptors (Lipinski definition) is 2. The maximum absolute atomic E-state index is 3.92. The standard InChI is InChI=1S/C19H36N2/c1-4-20-18(14-17-13-15-8-9-16(17)12-15)19(21(2)3)10-6-5-7-11-19/h15-18,20H,4-14H2,1-3H3. The van der Waals surface area contributed by atoms with Crippen molar-refractivity contribution in [2.75, 3.05) is 20.6 Å². The summed E-state index contributed by atoms with van der Waals surface area (Å²) >= 11 is 0. The molecule has 2 heteroatoms. The number of nitrogens with zero attached hydrogens (tertiary/aromatic N) is 1. The number of likely N-dealkylation sites (N-methyl/N-ethyl adjacent to an activating group) is 2. The summed E-state index contributed by atoms with van der Waals surface area (Å²) in [6.07, 6.45) is 14.7. The highest BCUT2D eigenvalue weighted by atomic mass is 15.2. The monoisotopic (exact) mass is 292 g/mol. The molecule has 2 bridgehead atoms. The Morgan fingerprint density at radius 2 is 1.86 bits per heavy atom. The Kier molecular flexibility index (Phi) is 4.95. The fourth-order valence-corrected chi connectivity index (χ4v) is 5.98. The van der Waals surface area contributed by atoms with Gasteiger partial charge in [-0.1, -0.05) is 32.6 Å². The second-order valence-electron chi connectivity index (χ2n) is 8.34. The Hall–Kier alpha value is -0.0800. The molecule has 0 saturated heterocycles. The molecule has 0 radical (unpaired) electrons. The van der Waals surface area contributed by atoms with Crippen molar-refractivity contribution in [1.29, 1.82) is 0 Å². The van der Waals surface area contributed by atoms with Crippen molar-refractivity contribution >= 4 is 0 Å². The van der Waals surface area contributed by atoms with E-state index in [2.05, 4.69) is 31.2 Å².